The number of carbonyl (C=O) groups excluding carboxylic acids is 1. The Bertz CT molecular complexity index is 686. The topological polar surface area (TPSA) is 58.6 Å². The van der Waals surface area contributed by atoms with Crippen LogP contribution in [0.25, 0.3) is 0 Å². The molecule has 0 spiro atoms. The van der Waals surface area contributed by atoms with Crippen molar-refractivity contribution in [2.75, 3.05) is 6.54 Å². The lowest BCUT2D eigenvalue weighted by atomic mass is 10.1. The second kappa shape index (κ2) is 8.40. The highest BCUT2D eigenvalue weighted by atomic mass is 19.1. The van der Waals surface area contributed by atoms with E-state index in [9.17, 15) is 13.6 Å². The third-order valence-electron chi connectivity index (χ3n) is 3.50. The van der Waals surface area contributed by atoms with Gasteiger partial charge in [0, 0.05) is 12.1 Å². The average Bonchev–Trinajstić information content (AvgIpc) is 2.57. The molecule has 0 saturated heterocycles. The van der Waals surface area contributed by atoms with E-state index in [-0.39, 0.29) is 31.0 Å². The smallest absolute Gasteiger partial charge is 0.260 e. The van der Waals surface area contributed by atoms with Crippen LogP contribution in [0.15, 0.2) is 42.5 Å². The lowest BCUT2D eigenvalue weighted by molar-refractivity contribution is -0.127. The molecule has 0 aliphatic rings. The van der Waals surface area contributed by atoms with E-state index in [2.05, 4.69) is 5.32 Å². The summed E-state index contributed by atoms with van der Waals surface area (Å²) in [5.74, 6) is -1.19. The fourth-order valence-corrected chi connectivity index (χ4v) is 2.20. The van der Waals surface area contributed by atoms with Gasteiger partial charge in [-0.25, -0.2) is 8.78 Å². The van der Waals surface area contributed by atoms with Crippen molar-refractivity contribution in [3.05, 3.63) is 65.2 Å². The van der Waals surface area contributed by atoms with Gasteiger partial charge in [-0.05, 0) is 43.2 Å². The molecule has 0 bridgehead atoms. The van der Waals surface area contributed by atoms with Crippen LogP contribution in [0, 0.1) is 11.6 Å². The van der Waals surface area contributed by atoms with E-state index in [1.54, 1.807) is 31.2 Å². The summed E-state index contributed by atoms with van der Waals surface area (Å²) in [4.78, 5) is 12.0. The number of nitrogens with one attached hydrogen (secondary N) is 1. The molecule has 24 heavy (non-hydrogen) atoms. The molecular weight excluding hydrogens is 316 g/mol. The van der Waals surface area contributed by atoms with E-state index in [4.69, 9.17) is 9.84 Å². The SMILES string of the molecule is CC(Oc1cccc(CO)c1)C(=O)NCCc1c(F)cccc1F. The quantitative estimate of drug-likeness (QED) is 0.818. The number of amides is 1. The van der Waals surface area contributed by atoms with Gasteiger partial charge in [-0.15, -0.1) is 0 Å². The number of carbonyl (C=O) groups is 1. The maximum Gasteiger partial charge on any atom is 0.260 e. The zero-order chi connectivity index (χ0) is 17.5. The molecule has 0 aliphatic heterocycles. The Balaban J connectivity index is 1.85. The van der Waals surface area contributed by atoms with Gasteiger partial charge in [-0.2, -0.15) is 0 Å². The van der Waals surface area contributed by atoms with Crippen LogP contribution < -0.4 is 10.1 Å². The normalized spacial score (nSPS) is 11.8. The second-order valence-electron chi connectivity index (χ2n) is 5.31. The molecule has 2 N–H and O–H groups in total. The molecule has 128 valence electrons. The van der Waals surface area contributed by atoms with Crippen molar-refractivity contribution < 1.29 is 23.4 Å². The van der Waals surface area contributed by atoms with Crippen molar-refractivity contribution in [2.45, 2.75) is 26.1 Å². The number of hydrogen-bond donors (Lipinski definition) is 2. The van der Waals surface area contributed by atoms with Crippen LogP contribution >= 0.6 is 0 Å². The molecular formula is C18H19F2NO3. The Labute approximate surface area is 139 Å². The first-order valence-electron chi connectivity index (χ1n) is 7.58. The number of rotatable bonds is 7. The van der Waals surface area contributed by atoms with Gasteiger partial charge in [-0.1, -0.05) is 18.2 Å². The van der Waals surface area contributed by atoms with Crippen LogP contribution in [0.2, 0.25) is 0 Å². The summed E-state index contributed by atoms with van der Waals surface area (Å²) in [6.07, 6.45) is -0.721. The van der Waals surface area contributed by atoms with Crippen LogP contribution in [-0.4, -0.2) is 23.7 Å². The average molecular weight is 335 g/mol. The van der Waals surface area contributed by atoms with Gasteiger partial charge in [0.25, 0.3) is 5.91 Å². The fourth-order valence-electron chi connectivity index (χ4n) is 2.20. The molecule has 0 aliphatic carbocycles. The monoisotopic (exact) mass is 335 g/mol. The zero-order valence-electron chi connectivity index (χ0n) is 13.3. The molecule has 2 aromatic carbocycles. The van der Waals surface area contributed by atoms with E-state index in [0.29, 0.717) is 11.3 Å². The molecule has 1 amide bonds. The highest BCUT2D eigenvalue weighted by Gasteiger charge is 2.15. The molecule has 0 fully saturated rings. The maximum atomic E-state index is 13.5. The van der Waals surface area contributed by atoms with Gasteiger partial charge in [-0.3, -0.25) is 4.79 Å². The molecule has 6 heteroatoms. The molecule has 1 unspecified atom stereocenters. The summed E-state index contributed by atoms with van der Waals surface area (Å²) in [6, 6.07) is 10.4. The Morgan fingerprint density at radius 2 is 1.88 bits per heavy atom. The molecule has 1 atom stereocenters. The van der Waals surface area contributed by atoms with E-state index < -0.39 is 17.7 Å². The second-order valence-corrected chi connectivity index (χ2v) is 5.31. The summed E-state index contributed by atoms with van der Waals surface area (Å²) >= 11 is 0. The summed E-state index contributed by atoms with van der Waals surface area (Å²) in [6.45, 7) is 1.55. The number of hydrogen-bond acceptors (Lipinski definition) is 3. The first-order chi connectivity index (χ1) is 11.5. The zero-order valence-corrected chi connectivity index (χ0v) is 13.3. The molecule has 2 aromatic rings. The van der Waals surface area contributed by atoms with Gasteiger partial charge in [0.2, 0.25) is 0 Å². The Hall–Kier alpha value is -2.47. The van der Waals surface area contributed by atoms with E-state index >= 15 is 0 Å². The largest absolute Gasteiger partial charge is 0.481 e. The van der Waals surface area contributed by atoms with E-state index in [1.165, 1.54) is 18.2 Å². The van der Waals surface area contributed by atoms with Crippen LogP contribution in [0.1, 0.15) is 18.1 Å². The highest BCUT2D eigenvalue weighted by molar-refractivity contribution is 5.80. The van der Waals surface area contributed by atoms with E-state index in [0.717, 1.165) is 0 Å². The Morgan fingerprint density at radius 3 is 2.54 bits per heavy atom. The van der Waals surface area contributed by atoms with Crippen LogP contribution in [-0.2, 0) is 17.8 Å². The predicted octanol–water partition coefficient (Wildman–Crippen LogP) is 2.58. The first kappa shape index (κ1) is 17.9. The van der Waals surface area contributed by atoms with Crippen LogP contribution in [0.4, 0.5) is 8.78 Å². The van der Waals surface area contributed by atoms with Gasteiger partial charge in [0.05, 0.1) is 6.61 Å². The highest BCUT2D eigenvalue weighted by Crippen LogP contribution is 2.15. The van der Waals surface area contributed by atoms with Crippen molar-refractivity contribution in [1.29, 1.82) is 0 Å². The minimum Gasteiger partial charge on any atom is -0.481 e. The third kappa shape index (κ3) is 4.76. The number of ether oxygens (including phenoxy) is 1. The van der Waals surface area contributed by atoms with Gasteiger partial charge < -0.3 is 15.2 Å². The van der Waals surface area contributed by atoms with Crippen molar-refractivity contribution >= 4 is 5.91 Å². The van der Waals surface area contributed by atoms with Crippen LogP contribution in [0.3, 0.4) is 0 Å². The molecule has 0 aromatic heterocycles. The summed E-state index contributed by atoms with van der Waals surface area (Å²) in [7, 11) is 0. The number of aliphatic hydroxyl groups is 1. The lowest BCUT2D eigenvalue weighted by Gasteiger charge is -2.15. The van der Waals surface area contributed by atoms with Gasteiger partial charge >= 0.3 is 0 Å². The minimum absolute atomic E-state index is 0.0525. The molecule has 0 radical (unpaired) electrons. The third-order valence-corrected chi connectivity index (χ3v) is 3.50. The summed E-state index contributed by atoms with van der Waals surface area (Å²) in [5.41, 5.74) is 0.622. The number of halogens is 2. The summed E-state index contributed by atoms with van der Waals surface area (Å²) < 4.78 is 32.5. The first-order valence-corrected chi connectivity index (χ1v) is 7.58. The van der Waals surface area contributed by atoms with Crippen molar-refractivity contribution in [3.63, 3.8) is 0 Å². The molecule has 2 rings (SSSR count). The Morgan fingerprint density at radius 1 is 1.21 bits per heavy atom. The minimum atomic E-state index is -0.774. The maximum absolute atomic E-state index is 13.5. The standard InChI is InChI=1S/C18H19F2NO3/c1-12(24-14-5-2-4-13(10-14)11-22)18(23)21-9-8-15-16(19)6-3-7-17(15)20/h2-7,10,12,22H,8-9,11H2,1H3,(H,21,23). The van der Waals surface area contributed by atoms with E-state index in [1.807, 2.05) is 0 Å². The van der Waals surface area contributed by atoms with Crippen molar-refractivity contribution in [1.82, 2.24) is 5.32 Å². The number of aliphatic hydroxyl groups excluding tert-OH is 1. The molecule has 0 heterocycles. The molecule has 0 saturated carbocycles. The van der Waals surface area contributed by atoms with Crippen molar-refractivity contribution in [2.24, 2.45) is 0 Å². The fraction of sp³-hybridized carbons (Fsp3) is 0.278. The van der Waals surface area contributed by atoms with Gasteiger partial charge in [0.1, 0.15) is 17.4 Å². The number of benzene rings is 2. The van der Waals surface area contributed by atoms with Crippen LogP contribution in [0.5, 0.6) is 5.75 Å². The molecule has 4 nitrogen and oxygen atoms in total. The Kier molecular flexibility index (Phi) is 6.26. The van der Waals surface area contributed by atoms with Gasteiger partial charge in [0.15, 0.2) is 6.10 Å². The van der Waals surface area contributed by atoms with Crippen molar-refractivity contribution in [3.8, 4) is 5.75 Å². The predicted molar refractivity (Wildman–Crippen MR) is 85.5 cm³/mol. The summed E-state index contributed by atoms with van der Waals surface area (Å²) in [5, 5.41) is 11.7. The lowest BCUT2D eigenvalue weighted by Crippen LogP contribution is -2.37.